The Morgan fingerprint density at radius 2 is 1.95 bits per heavy atom. The number of Topliss-reactive ketones (excluding diaryl/α,β-unsaturated/α-hetero) is 1. The first kappa shape index (κ1) is 25.8. The number of alkyl halides is 3. The number of nitrogens with one attached hydrogen (secondary N) is 3. The molecule has 1 aromatic rings. The van der Waals surface area contributed by atoms with Gasteiger partial charge in [0.1, 0.15) is 5.71 Å². The molecule has 3 N–H and O–H groups in total. The molecule has 0 spiro atoms. The van der Waals surface area contributed by atoms with Gasteiger partial charge in [-0.25, -0.2) is 0 Å². The molecule has 38 heavy (non-hydrogen) atoms. The summed E-state index contributed by atoms with van der Waals surface area (Å²) < 4.78 is 41.2. The molecule has 3 aliphatic heterocycles. The molecule has 0 unspecified atom stereocenters. The third-order valence-corrected chi connectivity index (χ3v) is 7.01. The van der Waals surface area contributed by atoms with Gasteiger partial charge >= 0.3 is 6.18 Å². The van der Waals surface area contributed by atoms with Crippen LogP contribution in [0.5, 0.6) is 0 Å². The number of fused-ring (bicyclic) bond motifs is 1. The number of rotatable bonds is 8. The van der Waals surface area contributed by atoms with Crippen LogP contribution in [-0.2, 0) is 6.42 Å². The van der Waals surface area contributed by atoms with E-state index < -0.39 is 11.9 Å². The molecule has 0 saturated carbocycles. The Morgan fingerprint density at radius 3 is 2.66 bits per heavy atom. The van der Waals surface area contributed by atoms with Gasteiger partial charge in [0.05, 0.1) is 23.6 Å². The fourth-order valence-corrected chi connectivity index (χ4v) is 4.88. The first-order chi connectivity index (χ1) is 18.2. The van der Waals surface area contributed by atoms with Crippen LogP contribution < -0.4 is 10.6 Å². The number of hydrogen-bond donors (Lipinski definition) is 3. The van der Waals surface area contributed by atoms with E-state index in [0.717, 1.165) is 36.3 Å². The topological polar surface area (TPSA) is 90.2 Å². The monoisotopic (exact) mass is 519 g/mol. The van der Waals surface area contributed by atoms with Gasteiger partial charge in [0.25, 0.3) is 0 Å². The predicted octanol–water partition coefficient (Wildman–Crippen LogP) is 6.09. The standard InChI is InChI=1S/C29H28F3N5O/c1-2-18-11-20(8-9-21(18)26(38)10-7-17-13-34-14-17)37-25-6-4-3-5-22-24(16-35-27(22)25)23-12-19(33)15-36-28(23)29(30,31)32/h3-6,8-9,11-12,16-17,33-34,37H,2,7,10,13-15H2,1H3. The summed E-state index contributed by atoms with van der Waals surface area (Å²) in [5, 5.41) is 14.5. The molecule has 5 rings (SSSR count). The van der Waals surface area contributed by atoms with Crippen LogP contribution in [0.3, 0.4) is 0 Å². The zero-order valence-electron chi connectivity index (χ0n) is 21.0. The highest BCUT2D eigenvalue weighted by atomic mass is 19.4. The van der Waals surface area contributed by atoms with Crippen molar-refractivity contribution in [2.45, 2.75) is 32.4 Å². The zero-order chi connectivity index (χ0) is 26.9. The quantitative estimate of drug-likeness (QED) is 0.314. The average molecular weight is 520 g/mol. The zero-order valence-corrected chi connectivity index (χ0v) is 21.0. The molecule has 4 aliphatic rings. The maximum Gasteiger partial charge on any atom is 0.433 e. The highest BCUT2D eigenvalue weighted by Crippen LogP contribution is 2.39. The first-order valence-corrected chi connectivity index (χ1v) is 12.7. The molecule has 0 aromatic heterocycles. The van der Waals surface area contributed by atoms with Crippen molar-refractivity contribution in [1.82, 2.24) is 10.3 Å². The number of halogens is 3. The molecule has 6 nitrogen and oxygen atoms in total. The number of carbonyl (C=O) groups excluding carboxylic acids is 1. The molecule has 1 aromatic carbocycles. The average Bonchev–Trinajstić information content (AvgIpc) is 3.17. The van der Waals surface area contributed by atoms with Gasteiger partial charge in [-0.2, -0.15) is 13.2 Å². The second-order valence-corrected chi connectivity index (χ2v) is 9.65. The van der Waals surface area contributed by atoms with E-state index in [2.05, 4.69) is 20.6 Å². The molecule has 0 radical (unpaired) electrons. The fourth-order valence-electron chi connectivity index (χ4n) is 4.88. The van der Waals surface area contributed by atoms with E-state index in [9.17, 15) is 18.0 Å². The summed E-state index contributed by atoms with van der Waals surface area (Å²) in [7, 11) is 0. The third-order valence-electron chi connectivity index (χ3n) is 7.01. The van der Waals surface area contributed by atoms with Crippen molar-refractivity contribution in [3.8, 4) is 11.3 Å². The van der Waals surface area contributed by atoms with Gasteiger partial charge in [0.15, 0.2) is 5.78 Å². The fraction of sp³-hybridized carbons (Fsp3) is 0.310. The molecule has 196 valence electrons. The SMILES string of the molecule is CCc1cc(Nc2ccccc3c(C4=CC(=N)CN=C4C(F)(F)F)cnc2-3)ccc1C(=O)CCC1CNC1. The Morgan fingerprint density at radius 1 is 1.16 bits per heavy atom. The molecule has 1 fully saturated rings. The smallest absolute Gasteiger partial charge is 0.354 e. The van der Waals surface area contributed by atoms with Gasteiger partial charge in [-0.1, -0.05) is 25.1 Å². The number of aryl methyl sites for hydroxylation is 1. The molecule has 9 heteroatoms. The van der Waals surface area contributed by atoms with E-state index in [-0.39, 0.29) is 29.2 Å². The number of nitrogens with zero attached hydrogens (tertiary/aromatic N) is 2. The molecule has 0 amide bonds. The van der Waals surface area contributed by atoms with E-state index in [1.165, 1.54) is 12.3 Å². The summed E-state index contributed by atoms with van der Waals surface area (Å²) in [6, 6.07) is 12.7. The number of ketones is 1. The number of allylic oxidation sites excluding steroid dienone is 1. The molecule has 1 saturated heterocycles. The highest BCUT2D eigenvalue weighted by molar-refractivity contribution is 6.33. The minimum atomic E-state index is -4.64. The van der Waals surface area contributed by atoms with Crippen molar-refractivity contribution in [1.29, 1.82) is 5.41 Å². The Balaban J connectivity index is 1.42. The molecule has 3 heterocycles. The molecular weight excluding hydrogens is 491 g/mol. The van der Waals surface area contributed by atoms with E-state index in [1.807, 2.05) is 31.2 Å². The lowest BCUT2D eigenvalue weighted by Gasteiger charge is -2.26. The summed E-state index contributed by atoms with van der Waals surface area (Å²) in [4.78, 5) is 21.0. The van der Waals surface area contributed by atoms with Gasteiger partial charge < -0.3 is 16.0 Å². The number of benzene rings is 1. The van der Waals surface area contributed by atoms with Gasteiger partial charge in [0, 0.05) is 40.6 Å². The maximum atomic E-state index is 13.7. The Bertz CT molecular complexity index is 1420. The summed E-state index contributed by atoms with van der Waals surface area (Å²) >= 11 is 0. The largest absolute Gasteiger partial charge is 0.433 e. The lowest BCUT2D eigenvalue weighted by molar-refractivity contribution is -0.0573. The second-order valence-electron chi connectivity index (χ2n) is 9.65. The van der Waals surface area contributed by atoms with Crippen LogP contribution in [0, 0.1) is 11.3 Å². The highest BCUT2D eigenvalue weighted by Gasteiger charge is 2.40. The lowest BCUT2D eigenvalue weighted by atomic mass is 9.92. The molecule has 0 atom stereocenters. The number of carbonyl (C=O) groups is 1. The number of anilines is 2. The van der Waals surface area contributed by atoms with Crippen LogP contribution in [0.15, 0.2) is 59.7 Å². The minimum Gasteiger partial charge on any atom is -0.354 e. The van der Waals surface area contributed by atoms with E-state index in [1.54, 1.807) is 18.2 Å². The number of aromatic nitrogens is 1. The second kappa shape index (κ2) is 10.5. The van der Waals surface area contributed by atoms with Gasteiger partial charge in [0.2, 0.25) is 0 Å². The minimum absolute atomic E-state index is 0.00656. The van der Waals surface area contributed by atoms with Crippen molar-refractivity contribution in [3.05, 3.63) is 71.4 Å². The maximum absolute atomic E-state index is 13.7. The van der Waals surface area contributed by atoms with Crippen molar-refractivity contribution >= 4 is 34.2 Å². The molecule has 1 aliphatic carbocycles. The third kappa shape index (κ3) is 5.24. The van der Waals surface area contributed by atoms with Crippen molar-refractivity contribution in [2.75, 3.05) is 25.0 Å². The first-order valence-electron chi connectivity index (χ1n) is 12.7. The van der Waals surface area contributed by atoms with Crippen molar-refractivity contribution in [2.24, 2.45) is 10.9 Å². The summed E-state index contributed by atoms with van der Waals surface area (Å²) in [6.45, 7) is 3.65. The Labute approximate surface area is 218 Å². The van der Waals surface area contributed by atoms with E-state index >= 15 is 0 Å². The summed E-state index contributed by atoms with van der Waals surface area (Å²) in [5.74, 6) is 0.714. The van der Waals surface area contributed by atoms with E-state index in [0.29, 0.717) is 35.7 Å². The number of hydrogen-bond acceptors (Lipinski definition) is 6. The summed E-state index contributed by atoms with van der Waals surface area (Å²) in [6.07, 6.45) is 0.0827. The Kier molecular flexibility index (Phi) is 7.12. The van der Waals surface area contributed by atoms with Crippen LogP contribution in [-0.4, -0.2) is 48.0 Å². The number of aliphatic imine (C=N–C) groups is 1. The number of dihydropyridines is 1. The van der Waals surface area contributed by atoms with Crippen LogP contribution in [0.1, 0.15) is 41.3 Å². The van der Waals surface area contributed by atoms with Gasteiger partial charge in [-0.15, -0.1) is 0 Å². The van der Waals surface area contributed by atoms with Gasteiger partial charge in [-0.05, 0) is 67.8 Å². The van der Waals surface area contributed by atoms with Crippen molar-refractivity contribution < 1.29 is 18.0 Å². The molecular formula is C29H28F3N5O. The van der Waals surface area contributed by atoms with E-state index in [4.69, 9.17) is 5.41 Å². The van der Waals surface area contributed by atoms with Crippen LogP contribution in [0.4, 0.5) is 24.5 Å². The van der Waals surface area contributed by atoms with Crippen LogP contribution >= 0.6 is 0 Å². The molecule has 0 bridgehead atoms. The van der Waals surface area contributed by atoms with Gasteiger partial charge in [-0.3, -0.25) is 14.8 Å². The lowest BCUT2D eigenvalue weighted by Crippen LogP contribution is -2.42. The van der Waals surface area contributed by atoms with Crippen LogP contribution in [0.25, 0.3) is 16.8 Å². The Hall–Kier alpha value is -3.85. The van der Waals surface area contributed by atoms with Crippen molar-refractivity contribution in [3.63, 3.8) is 0 Å². The normalized spacial score (nSPS) is 16.2. The predicted molar refractivity (Wildman–Crippen MR) is 144 cm³/mol. The van der Waals surface area contributed by atoms with Crippen LogP contribution in [0.2, 0.25) is 0 Å². The summed E-state index contributed by atoms with van der Waals surface area (Å²) in [5.41, 5.74) is 3.20.